The van der Waals surface area contributed by atoms with Crippen LogP contribution in [-0.4, -0.2) is 47.5 Å². The number of benzene rings is 2. The summed E-state index contributed by atoms with van der Waals surface area (Å²) in [6.07, 6.45) is 2.21. The molecule has 198 valence electrons. The van der Waals surface area contributed by atoms with Crippen LogP contribution in [0.1, 0.15) is 64.1 Å². The number of ether oxygens (including phenoxy) is 1. The van der Waals surface area contributed by atoms with E-state index in [1.807, 2.05) is 42.5 Å². The number of alkyl carbamates (subject to hydrolysis) is 1. The zero-order valence-electron chi connectivity index (χ0n) is 22.2. The maximum absolute atomic E-state index is 14.0. The second-order valence-electron chi connectivity index (χ2n) is 9.82. The zero-order valence-corrected chi connectivity index (χ0v) is 22.2. The molecule has 8 heteroatoms. The van der Waals surface area contributed by atoms with Crippen LogP contribution in [0.3, 0.4) is 0 Å². The average Bonchev–Trinajstić information content (AvgIpc) is 2.85. The first-order chi connectivity index (χ1) is 17.7. The molecule has 2 atom stereocenters. The van der Waals surface area contributed by atoms with Crippen molar-refractivity contribution in [3.63, 3.8) is 0 Å². The van der Waals surface area contributed by atoms with E-state index in [1.54, 1.807) is 45.0 Å². The maximum Gasteiger partial charge on any atom is 0.408 e. The number of nitriles is 1. The van der Waals surface area contributed by atoms with Gasteiger partial charge in [-0.15, -0.1) is 0 Å². The Bertz CT molecular complexity index is 1050. The normalized spacial score (nSPS) is 12.5. The van der Waals surface area contributed by atoms with E-state index in [9.17, 15) is 19.6 Å². The van der Waals surface area contributed by atoms with Gasteiger partial charge in [-0.05, 0) is 38.3 Å². The number of amides is 3. The van der Waals surface area contributed by atoms with Crippen molar-refractivity contribution in [2.75, 3.05) is 13.1 Å². The SMILES string of the molecule is CCCCCNC(=O)C(c1ccccc1)N(CC#N)C(=O)C(Cc1ccccc1)NC(=O)OC(C)(C)C. The molecule has 0 heterocycles. The van der Waals surface area contributed by atoms with Crippen molar-refractivity contribution in [2.24, 2.45) is 0 Å². The monoisotopic (exact) mass is 506 g/mol. The summed E-state index contributed by atoms with van der Waals surface area (Å²) < 4.78 is 5.40. The van der Waals surface area contributed by atoms with Crippen LogP contribution in [0, 0.1) is 11.3 Å². The highest BCUT2D eigenvalue weighted by molar-refractivity contribution is 5.92. The predicted molar refractivity (Wildman–Crippen MR) is 142 cm³/mol. The Morgan fingerprint density at radius 3 is 2.19 bits per heavy atom. The first kappa shape index (κ1) is 29.4. The molecular weight excluding hydrogens is 468 g/mol. The summed E-state index contributed by atoms with van der Waals surface area (Å²) in [7, 11) is 0. The Morgan fingerprint density at radius 1 is 1.00 bits per heavy atom. The van der Waals surface area contributed by atoms with E-state index in [0.29, 0.717) is 12.1 Å². The summed E-state index contributed by atoms with van der Waals surface area (Å²) >= 11 is 0. The third-order valence-corrected chi connectivity index (χ3v) is 5.55. The Labute approximate surface area is 220 Å². The van der Waals surface area contributed by atoms with Gasteiger partial charge in [-0.1, -0.05) is 80.4 Å². The quantitative estimate of drug-likeness (QED) is 0.325. The molecule has 37 heavy (non-hydrogen) atoms. The molecule has 0 fully saturated rings. The lowest BCUT2D eigenvalue weighted by Gasteiger charge is -2.33. The molecule has 3 amide bonds. The highest BCUT2D eigenvalue weighted by Gasteiger charge is 2.36. The Morgan fingerprint density at radius 2 is 1.62 bits per heavy atom. The van der Waals surface area contributed by atoms with Crippen LogP contribution in [-0.2, 0) is 20.7 Å². The minimum Gasteiger partial charge on any atom is -0.444 e. The van der Waals surface area contributed by atoms with E-state index in [4.69, 9.17) is 4.74 Å². The fourth-order valence-electron chi connectivity index (χ4n) is 3.86. The van der Waals surface area contributed by atoms with E-state index in [0.717, 1.165) is 24.8 Å². The maximum atomic E-state index is 14.0. The minimum atomic E-state index is -1.05. The van der Waals surface area contributed by atoms with Gasteiger partial charge in [0.25, 0.3) is 0 Å². The van der Waals surface area contributed by atoms with Gasteiger partial charge in [0.1, 0.15) is 24.2 Å². The standard InChI is InChI=1S/C29H38N4O4/c1-5-6-13-19-31-26(34)25(23-16-11-8-12-17-23)33(20-18-30)27(35)24(21-22-14-9-7-10-15-22)32-28(36)37-29(2,3)4/h7-12,14-17,24-25H,5-6,13,19-21H2,1-4H3,(H,31,34)(H,32,36). The van der Waals surface area contributed by atoms with Crippen molar-refractivity contribution >= 4 is 17.9 Å². The molecule has 0 spiro atoms. The molecule has 0 aliphatic carbocycles. The number of nitrogens with zero attached hydrogens (tertiary/aromatic N) is 2. The molecule has 0 aliphatic rings. The smallest absolute Gasteiger partial charge is 0.408 e. The van der Waals surface area contributed by atoms with Crippen LogP contribution in [0.15, 0.2) is 60.7 Å². The number of carbonyl (C=O) groups excluding carboxylic acids is 3. The molecule has 2 N–H and O–H groups in total. The predicted octanol–water partition coefficient (Wildman–Crippen LogP) is 4.52. The van der Waals surface area contributed by atoms with E-state index in [2.05, 4.69) is 17.6 Å². The van der Waals surface area contributed by atoms with Gasteiger partial charge in [-0.2, -0.15) is 5.26 Å². The number of rotatable bonds is 12. The molecule has 8 nitrogen and oxygen atoms in total. The fraction of sp³-hybridized carbons (Fsp3) is 0.448. The minimum absolute atomic E-state index is 0.167. The van der Waals surface area contributed by atoms with Crippen LogP contribution in [0.2, 0.25) is 0 Å². The van der Waals surface area contributed by atoms with E-state index in [1.165, 1.54) is 4.90 Å². The van der Waals surface area contributed by atoms with Crippen LogP contribution < -0.4 is 10.6 Å². The Hall–Kier alpha value is -3.86. The highest BCUT2D eigenvalue weighted by Crippen LogP contribution is 2.23. The third-order valence-electron chi connectivity index (χ3n) is 5.55. The first-order valence-corrected chi connectivity index (χ1v) is 12.7. The number of hydrogen-bond donors (Lipinski definition) is 2. The van der Waals surface area contributed by atoms with Gasteiger partial charge in [-0.3, -0.25) is 9.59 Å². The largest absolute Gasteiger partial charge is 0.444 e. The summed E-state index contributed by atoms with van der Waals surface area (Å²) in [5.41, 5.74) is 0.630. The molecule has 2 rings (SSSR count). The van der Waals surface area contributed by atoms with E-state index in [-0.39, 0.29) is 18.9 Å². The lowest BCUT2D eigenvalue weighted by molar-refractivity contribution is -0.141. The molecule has 0 aliphatic heterocycles. The van der Waals surface area contributed by atoms with Crippen molar-refractivity contribution in [3.05, 3.63) is 71.8 Å². The molecule has 0 saturated heterocycles. The number of carbonyl (C=O) groups is 3. The van der Waals surface area contributed by atoms with E-state index < -0.39 is 29.7 Å². The van der Waals surface area contributed by atoms with Crippen molar-refractivity contribution in [3.8, 4) is 6.07 Å². The van der Waals surface area contributed by atoms with Gasteiger partial charge in [0.15, 0.2) is 0 Å². The lowest BCUT2D eigenvalue weighted by atomic mass is 10.0. The van der Waals surface area contributed by atoms with Crippen LogP contribution in [0.25, 0.3) is 0 Å². The summed E-state index contributed by atoms with van der Waals surface area (Å²) in [6.45, 7) is 7.41. The Balaban J connectivity index is 2.42. The van der Waals surface area contributed by atoms with Gasteiger partial charge < -0.3 is 20.3 Å². The fourth-order valence-corrected chi connectivity index (χ4v) is 3.86. The second-order valence-corrected chi connectivity index (χ2v) is 9.82. The van der Waals surface area contributed by atoms with Crippen molar-refractivity contribution in [2.45, 2.75) is 71.1 Å². The van der Waals surface area contributed by atoms with Gasteiger partial charge in [0, 0.05) is 13.0 Å². The molecular formula is C29H38N4O4. The summed E-state index contributed by atoms with van der Waals surface area (Å²) in [4.78, 5) is 41.3. The number of nitrogens with one attached hydrogen (secondary N) is 2. The van der Waals surface area contributed by atoms with Crippen LogP contribution in [0.5, 0.6) is 0 Å². The first-order valence-electron chi connectivity index (χ1n) is 12.7. The second kappa shape index (κ2) is 14.6. The molecule has 2 aromatic carbocycles. The molecule has 0 radical (unpaired) electrons. The van der Waals surface area contributed by atoms with E-state index >= 15 is 0 Å². The van der Waals surface area contributed by atoms with Gasteiger partial charge in [-0.25, -0.2) is 4.79 Å². The third kappa shape index (κ3) is 9.96. The molecule has 2 aromatic rings. The van der Waals surface area contributed by atoms with Crippen molar-refractivity contribution in [1.29, 1.82) is 5.26 Å². The van der Waals surface area contributed by atoms with Crippen LogP contribution >= 0.6 is 0 Å². The van der Waals surface area contributed by atoms with Gasteiger partial charge in [0.2, 0.25) is 11.8 Å². The summed E-state index contributed by atoms with van der Waals surface area (Å²) in [6, 6.07) is 18.1. The number of unbranched alkanes of at least 4 members (excludes halogenated alkanes) is 2. The van der Waals surface area contributed by atoms with Crippen molar-refractivity contribution in [1.82, 2.24) is 15.5 Å². The summed E-state index contributed by atoms with van der Waals surface area (Å²) in [5, 5.41) is 15.2. The molecule has 0 bridgehead atoms. The molecule has 0 saturated carbocycles. The Kier molecular flexibility index (Phi) is 11.6. The highest BCUT2D eigenvalue weighted by atomic mass is 16.6. The average molecular weight is 507 g/mol. The zero-order chi connectivity index (χ0) is 27.3. The topological polar surface area (TPSA) is 112 Å². The molecule has 0 aromatic heterocycles. The van der Waals surface area contributed by atoms with Gasteiger partial charge >= 0.3 is 6.09 Å². The van der Waals surface area contributed by atoms with Gasteiger partial charge in [0.05, 0.1) is 6.07 Å². The lowest BCUT2D eigenvalue weighted by Crippen LogP contribution is -2.54. The van der Waals surface area contributed by atoms with Crippen LogP contribution in [0.4, 0.5) is 4.79 Å². The van der Waals surface area contributed by atoms with Crippen molar-refractivity contribution < 1.29 is 19.1 Å². The molecule has 2 unspecified atom stereocenters. The summed E-state index contributed by atoms with van der Waals surface area (Å²) in [5.74, 6) is -0.921. The number of hydrogen-bond acceptors (Lipinski definition) is 5.